The van der Waals surface area contributed by atoms with Crippen LogP contribution in [0.4, 0.5) is 0 Å². The predicted octanol–water partition coefficient (Wildman–Crippen LogP) is 2.02. The Morgan fingerprint density at radius 1 is 1.38 bits per heavy atom. The first-order valence-electron chi connectivity index (χ1n) is 8.12. The van der Waals surface area contributed by atoms with Gasteiger partial charge < -0.3 is 14.8 Å². The van der Waals surface area contributed by atoms with Crippen LogP contribution in [0.15, 0.2) is 0 Å². The minimum Gasteiger partial charge on any atom is -0.381 e. The van der Waals surface area contributed by atoms with Crippen molar-refractivity contribution in [1.82, 2.24) is 5.32 Å². The molecule has 0 radical (unpaired) electrons. The second-order valence-corrected chi connectivity index (χ2v) is 6.17. The fourth-order valence-corrected chi connectivity index (χ4v) is 3.06. The first-order chi connectivity index (χ1) is 10.3. The first kappa shape index (κ1) is 16.3. The highest BCUT2D eigenvalue weighted by Gasteiger charge is 2.39. The van der Waals surface area contributed by atoms with Gasteiger partial charge in [-0.25, -0.2) is 0 Å². The number of nitriles is 1. The molecule has 1 heterocycles. The van der Waals surface area contributed by atoms with Crippen molar-refractivity contribution < 1.29 is 14.3 Å². The van der Waals surface area contributed by atoms with Crippen LogP contribution in [-0.2, 0) is 14.3 Å². The summed E-state index contributed by atoms with van der Waals surface area (Å²) in [6.07, 6.45) is 6.37. The molecule has 21 heavy (non-hydrogen) atoms. The van der Waals surface area contributed by atoms with Crippen LogP contribution in [0.25, 0.3) is 0 Å². The van der Waals surface area contributed by atoms with E-state index in [0.29, 0.717) is 31.9 Å². The second kappa shape index (κ2) is 8.35. The van der Waals surface area contributed by atoms with Crippen LogP contribution in [0.5, 0.6) is 0 Å². The van der Waals surface area contributed by atoms with E-state index in [-0.39, 0.29) is 5.91 Å². The van der Waals surface area contributed by atoms with Crippen LogP contribution in [-0.4, -0.2) is 38.9 Å². The molecule has 5 heteroatoms. The van der Waals surface area contributed by atoms with Gasteiger partial charge in [0.05, 0.1) is 19.3 Å². The molecule has 2 fully saturated rings. The van der Waals surface area contributed by atoms with Gasteiger partial charge in [-0.1, -0.05) is 19.3 Å². The van der Waals surface area contributed by atoms with Crippen LogP contribution in [0, 0.1) is 22.7 Å². The molecule has 2 rings (SSSR count). The number of ether oxygens (including phenoxy) is 2. The lowest BCUT2D eigenvalue weighted by atomic mass is 9.74. The summed E-state index contributed by atoms with van der Waals surface area (Å²) in [6, 6.07) is 2.25. The van der Waals surface area contributed by atoms with Crippen molar-refractivity contribution in [2.45, 2.75) is 44.9 Å². The number of hydrogen-bond acceptors (Lipinski definition) is 4. The summed E-state index contributed by atoms with van der Waals surface area (Å²) in [5.74, 6) is 0.442. The molecule has 0 aromatic carbocycles. The first-order valence-corrected chi connectivity index (χ1v) is 8.12. The van der Waals surface area contributed by atoms with Gasteiger partial charge in [0.15, 0.2) is 0 Å². The Morgan fingerprint density at radius 3 is 2.86 bits per heavy atom. The SMILES string of the molecule is N#CC1(C(=O)NCCCOC[C@H]2CCOC2)CCCCC1. The van der Waals surface area contributed by atoms with Crippen molar-refractivity contribution in [3.05, 3.63) is 0 Å². The summed E-state index contributed by atoms with van der Waals surface area (Å²) >= 11 is 0. The van der Waals surface area contributed by atoms with E-state index in [4.69, 9.17) is 9.47 Å². The lowest BCUT2D eigenvalue weighted by Gasteiger charge is -2.29. The third kappa shape index (κ3) is 4.69. The largest absolute Gasteiger partial charge is 0.381 e. The fraction of sp³-hybridized carbons (Fsp3) is 0.875. The summed E-state index contributed by atoms with van der Waals surface area (Å²) in [7, 11) is 0. The average Bonchev–Trinajstić information content (AvgIpc) is 3.04. The Balaban J connectivity index is 1.57. The van der Waals surface area contributed by atoms with E-state index in [9.17, 15) is 10.1 Å². The normalized spacial score (nSPS) is 24.4. The molecule has 5 nitrogen and oxygen atoms in total. The molecule has 0 spiro atoms. The molecule has 1 N–H and O–H groups in total. The second-order valence-electron chi connectivity index (χ2n) is 6.17. The standard InChI is InChI=1S/C16H26N2O3/c17-13-16(6-2-1-3-7-16)15(19)18-8-4-9-20-11-14-5-10-21-12-14/h14H,1-12H2,(H,18,19)/t14-/m1/s1. The lowest BCUT2D eigenvalue weighted by Crippen LogP contribution is -2.42. The van der Waals surface area contributed by atoms with E-state index >= 15 is 0 Å². The summed E-state index contributed by atoms with van der Waals surface area (Å²) in [6.45, 7) is 3.64. The van der Waals surface area contributed by atoms with Crippen LogP contribution in [0.3, 0.4) is 0 Å². The van der Waals surface area contributed by atoms with E-state index in [0.717, 1.165) is 51.9 Å². The summed E-state index contributed by atoms with van der Waals surface area (Å²) in [5, 5.41) is 12.2. The molecule has 1 saturated carbocycles. The van der Waals surface area contributed by atoms with E-state index in [1.165, 1.54) is 0 Å². The lowest BCUT2D eigenvalue weighted by molar-refractivity contribution is -0.129. The molecule has 1 atom stereocenters. The Labute approximate surface area is 127 Å². The number of nitrogens with one attached hydrogen (secondary N) is 1. The molecule has 0 aromatic heterocycles. The highest BCUT2D eigenvalue weighted by Crippen LogP contribution is 2.35. The Bertz CT molecular complexity index is 366. The van der Waals surface area contributed by atoms with Crippen molar-refractivity contribution in [1.29, 1.82) is 5.26 Å². The molecular weight excluding hydrogens is 268 g/mol. The average molecular weight is 294 g/mol. The molecule has 118 valence electrons. The van der Waals surface area contributed by atoms with E-state index in [2.05, 4.69) is 11.4 Å². The van der Waals surface area contributed by atoms with Crippen LogP contribution in [0.1, 0.15) is 44.9 Å². The van der Waals surface area contributed by atoms with E-state index in [1.807, 2.05) is 0 Å². The zero-order valence-corrected chi connectivity index (χ0v) is 12.7. The molecule has 0 aromatic rings. The Kier molecular flexibility index (Phi) is 6.47. The molecule has 2 aliphatic rings. The van der Waals surface area contributed by atoms with Gasteiger partial charge in [-0.15, -0.1) is 0 Å². The van der Waals surface area contributed by atoms with Gasteiger partial charge in [0.2, 0.25) is 5.91 Å². The number of carbonyl (C=O) groups excluding carboxylic acids is 1. The Morgan fingerprint density at radius 2 is 2.19 bits per heavy atom. The maximum Gasteiger partial charge on any atom is 0.240 e. The fourth-order valence-electron chi connectivity index (χ4n) is 3.06. The van der Waals surface area contributed by atoms with E-state index < -0.39 is 5.41 Å². The Hall–Kier alpha value is -1.12. The van der Waals surface area contributed by atoms with Gasteiger partial charge in [0.25, 0.3) is 0 Å². The summed E-state index contributed by atoms with van der Waals surface area (Å²) in [4.78, 5) is 12.2. The molecule has 1 amide bonds. The minimum atomic E-state index is -0.777. The minimum absolute atomic E-state index is 0.0890. The number of amides is 1. The van der Waals surface area contributed by atoms with E-state index in [1.54, 1.807) is 0 Å². The molecule has 1 aliphatic carbocycles. The molecule has 0 bridgehead atoms. The topological polar surface area (TPSA) is 71.4 Å². The van der Waals surface area contributed by atoms with Crippen molar-refractivity contribution in [3.63, 3.8) is 0 Å². The van der Waals surface area contributed by atoms with Crippen molar-refractivity contribution in [3.8, 4) is 6.07 Å². The highest BCUT2D eigenvalue weighted by molar-refractivity contribution is 5.85. The molecule has 1 saturated heterocycles. The zero-order valence-electron chi connectivity index (χ0n) is 12.7. The third-order valence-corrected chi connectivity index (χ3v) is 4.48. The number of rotatable bonds is 7. The number of hydrogen-bond donors (Lipinski definition) is 1. The predicted molar refractivity (Wildman–Crippen MR) is 78.5 cm³/mol. The molecular formula is C16H26N2O3. The smallest absolute Gasteiger partial charge is 0.240 e. The monoisotopic (exact) mass is 294 g/mol. The van der Waals surface area contributed by atoms with Gasteiger partial charge in [-0.05, 0) is 25.7 Å². The van der Waals surface area contributed by atoms with Gasteiger partial charge >= 0.3 is 0 Å². The number of nitrogens with zero attached hydrogens (tertiary/aromatic N) is 1. The molecule has 0 unspecified atom stereocenters. The maximum absolute atomic E-state index is 12.2. The van der Waals surface area contributed by atoms with Gasteiger partial charge in [0.1, 0.15) is 5.41 Å². The van der Waals surface area contributed by atoms with Crippen molar-refractivity contribution in [2.24, 2.45) is 11.3 Å². The van der Waals surface area contributed by atoms with Crippen LogP contribution < -0.4 is 5.32 Å². The van der Waals surface area contributed by atoms with Crippen LogP contribution in [0.2, 0.25) is 0 Å². The van der Waals surface area contributed by atoms with Gasteiger partial charge in [-0.2, -0.15) is 5.26 Å². The third-order valence-electron chi connectivity index (χ3n) is 4.48. The number of carbonyl (C=O) groups is 1. The van der Waals surface area contributed by atoms with Gasteiger partial charge in [-0.3, -0.25) is 4.79 Å². The quantitative estimate of drug-likeness (QED) is 0.729. The summed E-state index contributed by atoms with van der Waals surface area (Å²) < 4.78 is 10.9. The van der Waals surface area contributed by atoms with Crippen LogP contribution >= 0.6 is 0 Å². The molecule has 1 aliphatic heterocycles. The maximum atomic E-state index is 12.2. The highest BCUT2D eigenvalue weighted by atomic mass is 16.5. The van der Waals surface area contributed by atoms with Gasteiger partial charge in [0, 0.05) is 25.7 Å². The van der Waals surface area contributed by atoms with Crippen molar-refractivity contribution in [2.75, 3.05) is 33.0 Å². The summed E-state index contributed by atoms with van der Waals surface area (Å²) in [5.41, 5.74) is -0.777. The zero-order chi connectivity index (χ0) is 15.0. The van der Waals surface area contributed by atoms with Crippen molar-refractivity contribution >= 4 is 5.91 Å².